The Labute approximate surface area is 259 Å². The second-order valence-electron chi connectivity index (χ2n) is 12.8. The van der Waals surface area contributed by atoms with Crippen molar-refractivity contribution in [1.82, 2.24) is 9.88 Å². The third kappa shape index (κ3) is 3.29. The smallest absolute Gasteiger partial charge is 0.150 e. The van der Waals surface area contributed by atoms with Gasteiger partial charge < -0.3 is 9.73 Å². The van der Waals surface area contributed by atoms with Crippen LogP contribution in [0, 0.1) is 0 Å². The molecule has 4 nitrogen and oxygen atoms in total. The lowest BCUT2D eigenvalue weighted by molar-refractivity contribution is 0.607. The van der Waals surface area contributed by atoms with E-state index in [0.29, 0.717) is 0 Å². The molecule has 214 valence electrons. The second-order valence-corrected chi connectivity index (χ2v) is 12.8. The van der Waals surface area contributed by atoms with E-state index in [2.05, 4.69) is 139 Å². The monoisotopic (exact) mass is 579 g/mol. The van der Waals surface area contributed by atoms with Gasteiger partial charge in [0.25, 0.3) is 0 Å². The van der Waals surface area contributed by atoms with Crippen molar-refractivity contribution in [3.63, 3.8) is 0 Å². The van der Waals surface area contributed by atoms with Gasteiger partial charge in [0.15, 0.2) is 6.17 Å². The van der Waals surface area contributed by atoms with E-state index in [-0.39, 0.29) is 11.6 Å². The molecule has 1 aliphatic carbocycles. The third-order valence-electron chi connectivity index (χ3n) is 9.98. The summed E-state index contributed by atoms with van der Waals surface area (Å²) in [7, 11) is 0. The molecule has 4 heteroatoms. The highest BCUT2D eigenvalue weighted by Gasteiger charge is 2.44. The maximum absolute atomic E-state index is 6.54. The van der Waals surface area contributed by atoms with Gasteiger partial charge in [-0.05, 0) is 40.6 Å². The molecule has 3 heterocycles. The minimum absolute atomic E-state index is 0.261. The Bertz CT molecular complexity index is 2610. The minimum atomic E-state index is -0.346. The van der Waals surface area contributed by atoms with Crippen LogP contribution in [0.25, 0.3) is 60.2 Å². The van der Waals surface area contributed by atoms with Crippen LogP contribution < -0.4 is 5.32 Å². The zero-order chi connectivity index (χ0) is 29.9. The molecule has 0 amide bonds. The first-order chi connectivity index (χ1) is 22.1. The number of hydrogen-bond donors (Lipinski definition) is 1. The fourth-order valence-electron chi connectivity index (χ4n) is 7.91. The van der Waals surface area contributed by atoms with Crippen molar-refractivity contribution in [2.75, 3.05) is 0 Å². The molecular formula is C41H29N3O. The van der Waals surface area contributed by atoms with Crippen LogP contribution in [0.1, 0.15) is 36.7 Å². The average Bonchev–Trinajstić information content (AvgIpc) is 3.69. The number of benzene rings is 6. The normalized spacial score (nSPS) is 17.3. The summed E-state index contributed by atoms with van der Waals surface area (Å²) in [6.45, 7) is 4.66. The number of furan rings is 1. The summed E-state index contributed by atoms with van der Waals surface area (Å²) in [5, 5.41) is 11.1. The Morgan fingerprint density at radius 1 is 0.667 bits per heavy atom. The highest BCUT2D eigenvalue weighted by molar-refractivity contribution is 6.23. The molecule has 10 rings (SSSR count). The number of hydrogen-bond acceptors (Lipinski definition) is 3. The highest BCUT2D eigenvalue weighted by atomic mass is 16.3. The van der Waals surface area contributed by atoms with Crippen LogP contribution in [0.2, 0.25) is 0 Å². The van der Waals surface area contributed by atoms with Gasteiger partial charge in [-0.25, -0.2) is 4.99 Å². The number of nitrogens with one attached hydrogen (secondary N) is 1. The summed E-state index contributed by atoms with van der Waals surface area (Å²) in [6.07, 6.45) is -0.346. The van der Waals surface area contributed by atoms with Crippen LogP contribution in [0.4, 0.5) is 0 Å². The highest BCUT2D eigenvalue weighted by Crippen LogP contribution is 2.50. The first kappa shape index (κ1) is 24.8. The summed E-state index contributed by atoms with van der Waals surface area (Å²) < 4.78 is 8.95. The quantitative estimate of drug-likeness (QED) is 0.210. The number of para-hydroxylation sites is 3. The molecule has 1 N–H and O–H groups in total. The van der Waals surface area contributed by atoms with E-state index in [1.165, 1.54) is 38.2 Å². The molecule has 1 unspecified atom stereocenters. The van der Waals surface area contributed by atoms with Crippen molar-refractivity contribution >= 4 is 66.0 Å². The van der Waals surface area contributed by atoms with Gasteiger partial charge >= 0.3 is 0 Å². The zero-order valence-corrected chi connectivity index (χ0v) is 25.0. The summed E-state index contributed by atoms with van der Waals surface area (Å²) in [4.78, 5) is 5.67. The summed E-state index contributed by atoms with van der Waals surface area (Å²) in [6, 6.07) is 45.5. The van der Waals surface area contributed by atoms with Gasteiger partial charge in [0, 0.05) is 43.7 Å². The summed E-state index contributed by atoms with van der Waals surface area (Å²) >= 11 is 0. The van der Waals surface area contributed by atoms with Crippen LogP contribution in [0.15, 0.2) is 142 Å². The maximum Gasteiger partial charge on any atom is 0.150 e. The predicted octanol–water partition coefficient (Wildman–Crippen LogP) is 10.1. The number of aliphatic imine (C=N–C) groups is 1. The fraction of sp³-hybridized carbons (Fsp3) is 0.0976. The molecular weight excluding hydrogens is 550 g/mol. The molecule has 0 bridgehead atoms. The molecule has 0 saturated heterocycles. The van der Waals surface area contributed by atoms with Gasteiger partial charge in [-0.2, -0.15) is 0 Å². The first-order valence-corrected chi connectivity index (χ1v) is 15.6. The Morgan fingerprint density at radius 2 is 1.38 bits per heavy atom. The van der Waals surface area contributed by atoms with Crippen LogP contribution in [-0.4, -0.2) is 10.4 Å². The Hall–Kier alpha value is -5.61. The standard InChI is InChI=1S/C41H29N3O/c1-41(2)32-19-8-5-16-29(32)37-36(41)40(43-39(42-37)30-18-11-17-28-27-15-7-10-21-35(27)45-38(28)30)44-33-20-9-6-14-26(33)31-22-24-12-3-4-13-25(24)23-34(31)44/h3-23,39,42H,1-2H3. The van der Waals surface area contributed by atoms with Crippen molar-refractivity contribution in [3.05, 3.63) is 150 Å². The topological polar surface area (TPSA) is 42.5 Å². The van der Waals surface area contributed by atoms with E-state index in [1.54, 1.807) is 0 Å². The lowest BCUT2D eigenvalue weighted by atomic mass is 9.80. The van der Waals surface area contributed by atoms with E-state index < -0.39 is 0 Å². The Kier molecular flexibility index (Phi) is 4.81. The van der Waals surface area contributed by atoms with E-state index in [4.69, 9.17) is 9.41 Å². The lowest BCUT2D eigenvalue weighted by Crippen LogP contribution is -2.34. The van der Waals surface area contributed by atoms with E-state index in [1.807, 2.05) is 12.1 Å². The van der Waals surface area contributed by atoms with Crippen LogP contribution in [0.3, 0.4) is 0 Å². The number of allylic oxidation sites excluding steroid dienone is 1. The van der Waals surface area contributed by atoms with Crippen LogP contribution >= 0.6 is 0 Å². The van der Waals surface area contributed by atoms with Gasteiger partial charge in [-0.1, -0.05) is 117 Å². The minimum Gasteiger partial charge on any atom is -0.456 e. The molecule has 8 aromatic rings. The Balaban J connectivity index is 1.31. The average molecular weight is 580 g/mol. The molecule has 1 atom stereocenters. The number of aromatic nitrogens is 1. The molecule has 0 spiro atoms. The van der Waals surface area contributed by atoms with Crippen molar-refractivity contribution in [3.8, 4) is 0 Å². The second kappa shape index (κ2) is 8.73. The fourth-order valence-corrected chi connectivity index (χ4v) is 7.91. The van der Waals surface area contributed by atoms with Crippen molar-refractivity contribution < 1.29 is 4.42 Å². The summed E-state index contributed by atoms with van der Waals surface area (Å²) in [5.74, 6) is 0.976. The van der Waals surface area contributed by atoms with Gasteiger partial charge in [-0.3, -0.25) is 4.57 Å². The van der Waals surface area contributed by atoms with Crippen molar-refractivity contribution in [2.24, 2.45) is 4.99 Å². The first-order valence-electron chi connectivity index (χ1n) is 15.6. The zero-order valence-electron chi connectivity index (χ0n) is 25.0. The SMILES string of the molecule is CC1(C)C2=C(NC(c3cccc4c3oc3ccccc34)N=C2n2c3ccccc3c3cc4ccccc4cc32)c2ccccc21. The third-order valence-corrected chi connectivity index (χ3v) is 9.98. The van der Waals surface area contributed by atoms with Crippen molar-refractivity contribution in [1.29, 1.82) is 0 Å². The van der Waals surface area contributed by atoms with Gasteiger partial charge in [-0.15, -0.1) is 0 Å². The molecule has 0 radical (unpaired) electrons. The van der Waals surface area contributed by atoms with E-state index >= 15 is 0 Å². The molecule has 2 aromatic heterocycles. The molecule has 0 saturated carbocycles. The Morgan fingerprint density at radius 3 is 2.27 bits per heavy atom. The molecule has 45 heavy (non-hydrogen) atoms. The molecule has 0 fully saturated rings. The van der Waals surface area contributed by atoms with Crippen molar-refractivity contribution in [2.45, 2.75) is 25.4 Å². The number of fused-ring (bicyclic) bond motifs is 9. The predicted molar refractivity (Wildman–Crippen MR) is 186 cm³/mol. The van der Waals surface area contributed by atoms with E-state index in [9.17, 15) is 0 Å². The molecule has 2 aliphatic rings. The maximum atomic E-state index is 6.54. The summed E-state index contributed by atoms with van der Waals surface area (Å²) in [5.41, 5.74) is 9.75. The molecule has 6 aromatic carbocycles. The largest absolute Gasteiger partial charge is 0.456 e. The lowest BCUT2D eigenvalue weighted by Gasteiger charge is -2.32. The number of nitrogens with zero attached hydrogens (tertiary/aromatic N) is 2. The van der Waals surface area contributed by atoms with Crippen LogP contribution in [0.5, 0.6) is 0 Å². The van der Waals surface area contributed by atoms with Gasteiger partial charge in [0.05, 0.1) is 16.7 Å². The van der Waals surface area contributed by atoms with Gasteiger partial charge in [0.1, 0.15) is 17.0 Å². The van der Waals surface area contributed by atoms with Gasteiger partial charge in [0.2, 0.25) is 0 Å². The molecule has 1 aliphatic heterocycles. The number of rotatable bonds is 1. The van der Waals surface area contributed by atoms with Crippen LogP contribution in [-0.2, 0) is 5.41 Å². The van der Waals surface area contributed by atoms with E-state index in [0.717, 1.165) is 50.1 Å².